The van der Waals surface area contributed by atoms with E-state index < -0.39 is 60.4 Å². The van der Waals surface area contributed by atoms with Crippen LogP contribution in [0.5, 0.6) is 11.5 Å². The van der Waals surface area contributed by atoms with Crippen molar-refractivity contribution in [3.05, 3.63) is 201 Å². The second-order valence-electron chi connectivity index (χ2n) is 12.2. The Morgan fingerprint density at radius 2 is 1.22 bits per heavy atom. The summed E-state index contributed by atoms with van der Waals surface area (Å²) in [4.78, 5) is 8.20. The molecule has 0 N–H and O–H groups in total. The molecular formula is C48H31N4OPt-3. The SMILES string of the molecule is [2H]c1c([2H])c([2H])c(-c2cccc(-c3c([2H])c([2H])c([2H])c([2H])c3[2H])c2N2[CH-]N(c3[c-]c(Oc4[c-]c5c(cc4)c4ccccc4n5-c4ccccn4)ccc3)c3ccccc32)c([2H])c1[2H].[Pt]. The van der Waals surface area contributed by atoms with Crippen molar-refractivity contribution in [2.45, 2.75) is 0 Å². The largest absolute Gasteiger partial charge is 0.509 e. The summed E-state index contributed by atoms with van der Waals surface area (Å²) in [7, 11) is 0. The van der Waals surface area contributed by atoms with Crippen LogP contribution in [0.1, 0.15) is 13.7 Å². The zero-order valence-electron chi connectivity index (χ0n) is 38.1. The maximum Gasteiger partial charge on any atom is 0.135 e. The molecule has 3 heterocycles. The zero-order chi connectivity index (χ0) is 43.8. The van der Waals surface area contributed by atoms with Crippen LogP contribution >= 0.6 is 0 Å². The molecule has 0 saturated carbocycles. The minimum absolute atomic E-state index is 0. The fourth-order valence-electron chi connectivity index (χ4n) is 6.87. The first-order valence-electron chi connectivity index (χ1n) is 21.8. The van der Waals surface area contributed by atoms with Crippen LogP contribution in [0.4, 0.5) is 22.7 Å². The minimum atomic E-state index is -0.563. The molecule has 0 radical (unpaired) electrons. The molecule has 0 aliphatic carbocycles. The molecule has 0 fully saturated rings. The molecule has 1 aliphatic rings. The van der Waals surface area contributed by atoms with Crippen LogP contribution in [0.2, 0.25) is 0 Å². The van der Waals surface area contributed by atoms with Gasteiger partial charge in [0.05, 0.1) is 13.7 Å². The molecule has 0 saturated heterocycles. The Bertz CT molecular complexity index is 3200. The van der Waals surface area contributed by atoms with Crippen LogP contribution in [-0.2, 0) is 21.1 Å². The van der Waals surface area contributed by atoms with Gasteiger partial charge in [0.2, 0.25) is 0 Å². The number of aromatic nitrogens is 2. The second kappa shape index (κ2) is 14.2. The molecular weight excluding hydrogens is 844 g/mol. The van der Waals surface area contributed by atoms with Gasteiger partial charge in [0.1, 0.15) is 5.82 Å². The fraction of sp³-hybridized carbons (Fsp3) is 0. The molecule has 0 spiro atoms. The number of hydrogen-bond acceptors (Lipinski definition) is 4. The zero-order valence-corrected chi connectivity index (χ0v) is 30.4. The van der Waals surface area contributed by atoms with Gasteiger partial charge in [-0.25, -0.2) is 4.98 Å². The molecule has 2 aromatic heterocycles. The first kappa shape index (κ1) is 24.0. The van der Waals surface area contributed by atoms with E-state index in [0.29, 0.717) is 28.6 Å². The number of rotatable bonds is 7. The van der Waals surface area contributed by atoms with Gasteiger partial charge in [-0.3, -0.25) is 0 Å². The number of ether oxygens (including phenoxy) is 1. The Morgan fingerprint density at radius 3 is 1.94 bits per heavy atom. The third kappa shape index (κ3) is 5.84. The number of pyridine rings is 1. The average molecular weight is 885 g/mol. The number of fused-ring (bicyclic) bond motifs is 4. The quantitative estimate of drug-likeness (QED) is 0.149. The van der Waals surface area contributed by atoms with Gasteiger partial charge in [-0.2, -0.15) is 12.1 Å². The number of anilines is 4. The number of hydrogen-bond donors (Lipinski definition) is 0. The minimum Gasteiger partial charge on any atom is -0.509 e. The molecule has 0 amide bonds. The van der Waals surface area contributed by atoms with Crippen LogP contribution in [-0.4, -0.2) is 9.55 Å². The normalized spacial score (nSPS) is 14.7. The van der Waals surface area contributed by atoms with Gasteiger partial charge in [0.15, 0.2) is 0 Å². The summed E-state index contributed by atoms with van der Waals surface area (Å²) < 4.78 is 95.0. The van der Waals surface area contributed by atoms with Crippen LogP contribution in [0.3, 0.4) is 0 Å². The molecule has 5 nitrogen and oxygen atoms in total. The maximum absolute atomic E-state index is 8.96. The predicted molar refractivity (Wildman–Crippen MR) is 215 cm³/mol. The van der Waals surface area contributed by atoms with Gasteiger partial charge < -0.3 is 19.1 Å². The summed E-state index contributed by atoms with van der Waals surface area (Å²) in [5.74, 6) is 1.56. The number of para-hydroxylation sites is 4. The first-order valence-corrected chi connectivity index (χ1v) is 16.8. The van der Waals surface area contributed by atoms with E-state index in [0.717, 1.165) is 27.6 Å². The monoisotopic (exact) mass is 884 g/mol. The standard InChI is InChI=1S/C48H31N4O.Pt/c1-3-15-34(16-4-1)39-22-14-23-40(35-17-5-2-6-18-35)48(39)51-33-50(44-25-9-10-26-45(44)51)36-19-13-20-37(31-36)53-38-28-29-42-41-21-7-8-24-43(41)52(46(42)32-38)47-27-11-12-30-49-47;/h1-30,33H;/q-3;/i1D,2D,3D,4D,5D,6D,15D,16D,17D,18D;. The molecule has 262 valence electrons. The fourth-order valence-corrected chi connectivity index (χ4v) is 6.87. The number of nitrogens with zero attached hydrogens (tertiary/aromatic N) is 4. The summed E-state index contributed by atoms with van der Waals surface area (Å²) in [5, 5.41) is 2.03. The molecule has 7 aromatic carbocycles. The summed E-state index contributed by atoms with van der Waals surface area (Å²) in [6, 6.07) is 37.0. The van der Waals surface area contributed by atoms with E-state index in [1.807, 2.05) is 94.4 Å². The third-order valence-electron chi connectivity index (χ3n) is 9.11. The average Bonchev–Trinajstić information content (AvgIpc) is 3.85. The molecule has 6 heteroatoms. The van der Waals surface area contributed by atoms with Crippen molar-refractivity contribution in [3.8, 4) is 39.6 Å². The van der Waals surface area contributed by atoms with Crippen molar-refractivity contribution in [2.75, 3.05) is 9.80 Å². The Labute approximate surface area is 342 Å². The van der Waals surface area contributed by atoms with Crippen molar-refractivity contribution < 1.29 is 39.5 Å². The van der Waals surface area contributed by atoms with Crippen LogP contribution in [0, 0.1) is 18.8 Å². The molecule has 9 aromatic rings. The van der Waals surface area contributed by atoms with E-state index in [2.05, 4.69) is 23.2 Å². The first-order chi connectivity index (χ1) is 30.4. The molecule has 1 aliphatic heterocycles. The van der Waals surface area contributed by atoms with Crippen LogP contribution in [0.25, 0.3) is 49.9 Å². The molecule has 10 rings (SSSR count). The Hall–Kier alpha value is -6.42. The molecule has 0 unspecified atom stereocenters. The Kier molecular flexibility index (Phi) is 6.31. The van der Waals surface area contributed by atoms with Gasteiger partial charge in [-0.1, -0.05) is 121 Å². The number of benzene rings is 7. The predicted octanol–water partition coefficient (Wildman–Crippen LogP) is 12.3. The van der Waals surface area contributed by atoms with Gasteiger partial charge in [0.25, 0.3) is 0 Å². The maximum atomic E-state index is 8.96. The summed E-state index contributed by atoms with van der Waals surface area (Å²) in [6.45, 7) is 1.73. The van der Waals surface area contributed by atoms with E-state index in [1.165, 1.54) is 0 Å². The van der Waals surface area contributed by atoms with Crippen molar-refractivity contribution >= 4 is 44.6 Å². The van der Waals surface area contributed by atoms with Gasteiger partial charge in [0, 0.05) is 72.5 Å². The second-order valence-corrected chi connectivity index (χ2v) is 12.2. The van der Waals surface area contributed by atoms with Gasteiger partial charge in [-0.05, 0) is 46.8 Å². The van der Waals surface area contributed by atoms with Crippen LogP contribution in [0.15, 0.2) is 182 Å². The molecule has 0 atom stereocenters. The van der Waals surface area contributed by atoms with E-state index in [4.69, 9.17) is 18.4 Å². The van der Waals surface area contributed by atoms with Crippen molar-refractivity contribution in [1.29, 1.82) is 0 Å². The molecule has 0 bridgehead atoms. The summed E-state index contributed by atoms with van der Waals surface area (Å²) >= 11 is 0. The van der Waals surface area contributed by atoms with E-state index >= 15 is 0 Å². The smallest absolute Gasteiger partial charge is 0.135 e. The van der Waals surface area contributed by atoms with Crippen molar-refractivity contribution in [1.82, 2.24) is 9.55 Å². The van der Waals surface area contributed by atoms with Gasteiger partial charge >= 0.3 is 0 Å². The van der Waals surface area contributed by atoms with E-state index in [9.17, 15) is 0 Å². The van der Waals surface area contributed by atoms with Crippen molar-refractivity contribution in [3.63, 3.8) is 0 Å². The Morgan fingerprint density at radius 1 is 0.574 bits per heavy atom. The summed E-state index contributed by atoms with van der Waals surface area (Å²) in [6.07, 6.45) is 1.75. The van der Waals surface area contributed by atoms with Crippen LogP contribution < -0.4 is 14.5 Å². The summed E-state index contributed by atoms with van der Waals surface area (Å²) in [5.41, 5.74) is 3.92. The topological polar surface area (TPSA) is 33.5 Å². The van der Waals surface area contributed by atoms with Crippen molar-refractivity contribution in [2.24, 2.45) is 0 Å². The molecule has 54 heavy (non-hydrogen) atoms. The van der Waals surface area contributed by atoms with E-state index in [1.54, 1.807) is 42.0 Å². The van der Waals surface area contributed by atoms with Gasteiger partial charge in [-0.15, -0.1) is 48.1 Å². The van der Waals surface area contributed by atoms with E-state index in [-0.39, 0.29) is 49.0 Å². The Balaban J connectivity index is 0.00000518. The third-order valence-corrected chi connectivity index (χ3v) is 9.11.